The molecule has 0 bridgehead atoms. The summed E-state index contributed by atoms with van der Waals surface area (Å²) in [5.41, 5.74) is 6.29. The predicted octanol–water partition coefficient (Wildman–Crippen LogP) is 2.70. The van der Waals surface area contributed by atoms with Crippen LogP contribution in [0.3, 0.4) is 0 Å². The molecule has 1 saturated carbocycles. The molecule has 1 aliphatic carbocycles. The van der Waals surface area contributed by atoms with Crippen LogP contribution in [0.2, 0.25) is 0 Å². The fourth-order valence-corrected chi connectivity index (χ4v) is 3.72. The summed E-state index contributed by atoms with van der Waals surface area (Å²) in [5, 5.41) is 2.15. The third kappa shape index (κ3) is 2.17. The lowest BCUT2D eigenvalue weighted by Gasteiger charge is -2.53. The van der Waals surface area contributed by atoms with E-state index in [1.165, 1.54) is 17.7 Å². The number of nitrogens with two attached hydrogens (primary N) is 1. The van der Waals surface area contributed by atoms with Crippen LogP contribution in [-0.2, 0) is 6.54 Å². The van der Waals surface area contributed by atoms with Gasteiger partial charge in [0.25, 0.3) is 0 Å². The molecule has 90 valence electrons. The normalized spacial score (nSPS) is 29.4. The Morgan fingerprint density at radius 1 is 1.56 bits per heavy atom. The molecule has 0 aliphatic heterocycles. The van der Waals surface area contributed by atoms with Gasteiger partial charge in [-0.05, 0) is 36.8 Å². The van der Waals surface area contributed by atoms with E-state index in [1.807, 2.05) is 11.3 Å². The van der Waals surface area contributed by atoms with Gasteiger partial charge in [0.2, 0.25) is 0 Å². The molecule has 1 aromatic heterocycles. The van der Waals surface area contributed by atoms with Crippen LogP contribution in [-0.4, -0.2) is 23.5 Å². The van der Waals surface area contributed by atoms with E-state index >= 15 is 0 Å². The van der Waals surface area contributed by atoms with Crippen molar-refractivity contribution in [2.75, 3.05) is 13.1 Å². The standard InChI is InChI=1S/C13H22N2S/c1-3-15(9-12-5-4-6-16-12)13(10-14)7-11(2)8-13/h4-6,11H,3,7-10,14H2,1-2H3. The Morgan fingerprint density at radius 3 is 2.75 bits per heavy atom. The van der Waals surface area contributed by atoms with E-state index in [2.05, 4.69) is 36.3 Å². The van der Waals surface area contributed by atoms with Crippen molar-refractivity contribution in [3.05, 3.63) is 22.4 Å². The molecule has 0 amide bonds. The summed E-state index contributed by atoms with van der Waals surface area (Å²) >= 11 is 1.85. The molecule has 1 aromatic rings. The van der Waals surface area contributed by atoms with Gasteiger partial charge in [-0.3, -0.25) is 4.90 Å². The maximum atomic E-state index is 6.00. The molecule has 0 atom stereocenters. The van der Waals surface area contributed by atoms with Gasteiger partial charge in [-0.1, -0.05) is 19.9 Å². The van der Waals surface area contributed by atoms with Crippen molar-refractivity contribution in [2.24, 2.45) is 11.7 Å². The molecule has 16 heavy (non-hydrogen) atoms. The number of likely N-dealkylation sites (N-methyl/N-ethyl adjacent to an activating group) is 1. The van der Waals surface area contributed by atoms with Crippen molar-refractivity contribution in [1.29, 1.82) is 0 Å². The molecule has 0 spiro atoms. The van der Waals surface area contributed by atoms with Gasteiger partial charge in [0.15, 0.2) is 0 Å². The second kappa shape index (κ2) is 4.86. The topological polar surface area (TPSA) is 29.3 Å². The van der Waals surface area contributed by atoms with E-state index in [0.29, 0.717) is 0 Å². The molecule has 0 aromatic carbocycles. The summed E-state index contributed by atoms with van der Waals surface area (Å²) in [6.07, 6.45) is 2.53. The lowest BCUT2D eigenvalue weighted by Crippen LogP contribution is -2.60. The van der Waals surface area contributed by atoms with Crippen LogP contribution in [0.15, 0.2) is 17.5 Å². The molecule has 1 aliphatic rings. The highest BCUT2D eigenvalue weighted by atomic mass is 32.1. The largest absolute Gasteiger partial charge is 0.329 e. The van der Waals surface area contributed by atoms with Gasteiger partial charge < -0.3 is 5.73 Å². The molecule has 1 fully saturated rings. The number of rotatable bonds is 5. The fraction of sp³-hybridized carbons (Fsp3) is 0.692. The SMILES string of the molecule is CCN(Cc1cccs1)C1(CN)CC(C)C1. The van der Waals surface area contributed by atoms with Crippen LogP contribution >= 0.6 is 11.3 Å². The van der Waals surface area contributed by atoms with Crippen LogP contribution in [0.5, 0.6) is 0 Å². The molecule has 1 heterocycles. The summed E-state index contributed by atoms with van der Waals surface area (Å²) in [7, 11) is 0. The highest BCUT2D eigenvalue weighted by Crippen LogP contribution is 2.42. The third-order valence-electron chi connectivity index (χ3n) is 3.82. The van der Waals surface area contributed by atoms with Crippen LogP contribution in [0.1, 0.15) is 31.6 Å². The molecule has 0 saturated heterocycles. The van der Waals surface area contributed by atoms with Crippen LogP contribution in [0.4, 0.5) is 0 Å². The zero-order valence-electron chi connectivity index (χ0n) is 10.3. The van der Waals surface area contributed by atoms with E-state index in [-0.39, 0.29) is 5.54 Å². The van der Waals surface area contributed by atoms with Crippen molar-refractivity contribution < 1.29 is 0 Å². The lowest BCUT2D eigenvalue weighted by atomic mass is 9.68. The van der Waals surface area contributed by atoms with E-state index in [0.717, 1.165) is 25.6 Å². The highest BCUT2D eigenvalue weighted by Gasteiger charge is 2.44. The maximum Gasteiger partial charge on any atom is 0.0340 e. The number of nitrogens with zero attached hydrogens (tertiary/aromatic N) is 1. The first-order valence-corrected chi connectivity index (χ1v) is 7.05. The number of hydrogen-bond donors (Lipinski definition) is 1. The Bertz CT molecular complexity index is 315. The maximum absolute atomic E-state index is 6.00. The van der Waals surface area contributed by atoms with Gasteiger partial charge in [-0.15, -0.1) is 11.3 Å². The average Bonchev–Trinajstić information content (AvgIpc) is 2.74. The number of hydrogen-bond acceptors (Lipinski definition) is 3. The van der Waals surface area contributed by atoms with Crippen LogP contribution in [0.25, 0.3) is 0 Å². The van der Waals surface area contributed by atoms with Crippen molar-refractivity contribution in [2.45, 2.75) is 38.8 Å². The minimum Gasteiger partial charge on any atom is -0.329 e. The first-order chi connectivity index (χ1) is 7.70. The van der Waals surface area contributed by atoms with Gasteiger partial charge in [0.05, 0.1) is 0 Å². The smallest absolute Gasteiger partial charge is 0.0340 e. The minimum atomic E-state index is 0.290. The minimum absolute atomic E-state index is 0.290. The van der Waals surface area contributed by atoms with Crippen molar-refractivity contribution in [3.8, 4) is 0 Å². The molecule has 2 rings (SSSR count). The van der Waals surface area contributed by atoms with Crippen molar-refractivity contribution >= 4 is 11.3 Å². The summed E-state index contributed by atoms with van der Waals surface area (Å²) in [4.78, 5) is 4.02. The lowest BCUT2D eigenvalue weighted by molar-refractivity contribution is -0.0146. The Hall–Kier alpha value is -0.380. The molecule has 0 unspecified atom stereocenters. The molecule has 2 nitrogen and oxygen atoms in total. The first kappa shape index (κ1) is 12.1. The van der Waals surface area contributed by atoms with Crippen molar-refractivity contribution in [3.63, 3.8) is 0 Å². The Morgan fingerprint density at radius 2 is 2.31 bits per heavy atom. The highest BCUT2D eigenvalue weighted by molar-refractivity contribution is 7.09. The summed E-state index contributed by atoms with van der Waals surface area (Å²) in [6, 6.07) is 4.35. The Kier molecular flexibility index (Phi) is 3.67. The summed E-state index contributed by atoms with van der Waals surface area (Å²) in [5.74, 6) is 0.848. The van der Waals surface area contributed by atoms with Gasteiger partial charge in [-0.25, -0.2) is 0 Å². The molecule has 3 heteroatoms. The second-order valence-electron chi connectivity index (χ2n) is 5.04. The van der Waals surface area contributed by atoms with Gasteiger partial charge in [-0.2, -0.15) is 0 Å². The molecule has 0 radical (unpaired) electrons. The molecule has 2 N–H and O–H groups in total. The van der Waals surface area contributed by atoms with Crippen molar-refractivity contribution in [1.82, 2.24) is 4.90 Å². The zero-order chi connectivity index (χ0) is 11.6. The Balaban J connectivity index is 2.04. The molecular weight excluding hydrogens is 216 g/mol. The average molecular weight is 238 g/mol. The third-order valence-corrected chi connectivity index (χ3v) is 4.68. The van der Waals surface area contributed by atoms with Crippen LogP contribution in [0, 0.1) is 5.92 Å². The van der Waals surface area contributed by atoms with Gasteiger partial charge in [0.1, 0.15) is 0 Å². The van der Waals surface area contributed by atoms with Crippen LogP contribution < -0.4 is 5.73 Å². The number of thiophene rings is 1. The Labute approximate surface area is 102 Å². The summed E-state index contributed by atoms with van der Waals surface area (Å²) < 4.78 is 0. The van der Waals surface area contributed by atoms with E-state index in [9.17, 15) is 0 Å². The zero-order valence-corrected chi connectivity index (χ0v) is 11.1. The predicted molar refractivity (Wildman–Crippen MR) is 70.6 cm³/mol. The fourth-order valence-electron chi connectivity index (χ4n) is 3.00. The quantitative estimate of drug-likeness (QED) is 0.854. The summed E-state index contributed by atoms with van der Waals surface area (Å²) in [6.45, 7) is 7.54. The monoisotopic (exact) mass is 238 g/mol. The second-order valence-corrected chi connectivity index (χ2v) is 6.07. The van der Waals surface area contributed by atoms with E-state index in [1.54, 1.807) is 0 Å². The van der Waals surface area contributed by atoms with E-state index < -0.39 is 0 Å². The van der Waals surface area contributed by atoms with E-state index in [4.69, 9.17) is 5.73 Å². The van der Waals surface area contributed by atoms with Gasteiger partial charge >= 0.3 is 0 Å². The first-order valence-electron chi connectivity index (χ1n) is 6.17. The van der Waals surface area contributed by atoms with Gasteiger partial charge in [0, 0.05) is 23.5 Å². The molecular formula is C13H22N2S.